The molecule has 1 aliphatic heterocycles. The molecule has 0 aliphatic carbocycles. The molecule has 404 valence electrons. The van der Waals surface area contributed by atoms with Gasteiger partial charge in [-0.05, 0) is 133 Å². The van der Waals surface area contributed by atoms with Crippen LogP contribution in [0.15, 0.2) is 170 Å². The molecule has 0 radical (unpaired) electrons. The summed E-state index contributed by atoms with van der Waals surface area (Å²) in [5.74, 6) is 2.31. The first-order chi connectivity index (χ1) is 37.1. The molecule has 11 rings (SSSR count). The second-order valence-corrected chi connectivity index (χ2v) is 24.8. The van der Waals surface area contributed by atoms with E-state index >= 15 is 0 Å². The minimum Gasteiger partial charge on any atom is -0.509 e. The summed E-state index contributed by atoms with van der Waals surface area (Å²) in [5, 5.41) is 2.18. The molecule has 7 heteroatoms. The normalized spacial score (nSPS) is 13.0. The number of ether oxygens (including phenoxy) is 1. The quantitative estimate of drug-likeness (QED) is 0.128. The minimum atomic E-state index is -0.271. The van der Waals surface area contributed by atoms with Gasteiger partial charge in [0, 0.05) is 72.5 Å². The number of hydrogen-bond acceptors (Lipinski definition) is 4. The van der Waals surface area contributed by atoms with E-state index in [2.05, 4.69) is 257 Å². The number of benzene rings is 8. The van der Waals surface area contributed by atoms with E-state index in [1.807, 2.05) is 24.4 Å². The molecule has 0 atom stereocenters. The molecule has 8 aromatic carbocycles. The van der Waals surface area contributed by atoms with E-state index in [1.165, 1.54) is 27.8 Å². The predicted octanol–water partition coefficient (Wildman–Crippen LogP) is 20.3. The van der Waals surface area contributed by atoms with E-state index in [9.17, 15) is 4.39 Å². The van der Waals surface area contributed by atoms with Gasteiger partial charge in [-0.15, -0.1) is 53.6 Å². The van der Waals surface area contributed by atoms with E-state index in [1.54, 1.807) is 12.1 Å². The Morgan fingerprint density at radius 2 is 1.13 bits per heavy atom. The Morgan fingerprint density at radius 3 is 1.78 bits per heavy atom. The average molecular weight is 1220 g/mol. The van der Waals surface area contributed by atoms with E-state index in [0.717, 1.165) is 83.8 Å². The van der Waals surface area contributed by atoms with Crippen molar-refractivity contribution < 1.29 is 30.2 Å². The standard InChI is InChI=1S/C72H70FN4O.Pt/c1-45(2)48-34-49(46(3)4)36-50(35-48)62-40-53(71(8,9)10)39-61(47-26-28-54(73)29-27-47)69(62)76-44-75(65-24-18-19-25-66(65)76)55-37-51(58-20-14-16-22-63(58)72(11,12)13)38-57(42-55)78-56-30-31-60-59-21-15-17-23-64(59)77(67(60)43-56)68-41-52(32-33-74-68)70(5,6)7;/h14-41,44-46H,1-13H3;/q-3;. The smallest absolute Gasteiger partial charge is 0.135 e. The molecule has 0 saturated heterocycles. The van der Waals surface area contributed by atoms with Crippen molar-refractivity contribution in [2.45, 2.75) is 118 Å². The fourth-order valence-corrected chi connectivity index (χ4v) is 10.9. The third-order valence-electron chi connectivity index (χ3n) is 15.4. The molecule has 0 saturated carbocycles. The van der Waals surface area contributed by atoms with Gasteiger partial charge in [-0.2, -0.15) is 6.07 Å². The van der Waals surface area contributed by atoms with Gasteiger partial charge in [0.1, 0.15) is 11.6 Å². The molecule has 0 N–H and O–H groups in total. The van der Waals surface area contributed by atoms with Crippen LogP contribution in [0.4, 0.5) is 27.1 Å². The summed E-state index contributed by atoms with van der Waals surface area (Å²) in [5.41, 5.74) is 17.8. The molecule has 10 aromatic rings. The third kappa shape index (κ3) is 10.7. The van der Waals surface area contributed by atoms with Crippen LogP contribution in [0.5, 0.6) is 11.5 Å². The fraction of sp³-hybridized carbons (Fsp3) is 0.250. The summed E-state index contributed by atoms with van der Waals surface area (Å²) in [6.07, 6.45) is 1.90. The average Bonchev–Trinajstić information content (AvgIpc) is 4.11. The maximum absolute atomic E-state index is 14.9. The summed E-state index contributed by atoms with van der Waals surface area (Å²) >= 11 is 0. The number of pyridine rings is 1. The number of anilines is 4. The molecule has 2 aromatic heterocycles. The number of rotatable bonds is 10. The molecule has 0 bridgehead atoms. The number of hydrogen-bond donors (Lipinski definition) is 0. The van der Waals surface area contributed by atoms with Gasteiger partial charge >= 0.3 is 0 Å². The maximum Gasteiger partial charge on any atom is 0.135 e. The van der Waals surface area contributed by atoms with Crippen LogP contribution in [0.3, 0.4) is 0 Å². The van der Waals surface area contributed by atoms with Crippen molar-refractivity contribution in [2.24, 2.45) is 0 Å². The van der Waals surface area contributed by atoms with Gasteiger partial charge in [0.25, 0.3) is 0 Å². The monoisotopic (exact) mass is 1220 g/mol. The van der Waals surface area contributed by atoms with Crippen LogP contribution in [0, 0.1) is 24.6 Å². The minimum absolute atomic E-state index is 0. The van der Waals surface area contributed by atoms with E-state index < -0.39 is 0 Å². The summed E-state index contributed by atoms with van der Waals surface area (Å²) < 4.78 is 24.2. The Morgan fingerprint density at radius 1 is 0.519 bits per heavy atom. The van der Waals surface area contributed by atoms with Crippen LogP contribution in [0.25, 0.3) is 61.0 Å². The van der Waals surface area contributed by atoms with Gasteiger partial charge in [0.15, 0.2) is 0 Å². The molecule has 0 unspecified atom stereocenters. The first kappa shape index (κ1) is 55.1. The van der Waals surface area contributed by atoms with Crippen molar-refractivity contribution in [2.75, 3.05) is 9.80 Å². The van der Waals surface area contributed by atoms with Crippen molar-refractivity contribution in [1.82, 2.24) is 9.55 Å². The van der Waals surface area contributed by atoms with Crippen molar-refractivity contribution >= 4 is 44.6 Å². The molecule has 79 heavy (non-hydrogen) atoms. The van der Waals surface area contributed by atoms with Crippen LogP contribution in [0.2, 0.25) is 0 Å². The second-order valence-electron chi connectivity index (χ2n) is 24.8. The summed E-state index contributed by atoms with van der Waals surface area (Å²) in [7, 11) is 0. The van der Waals surface area contributed by atoms with Crippen LogP contribution in [-0.2, 0) is 37.3 Å². The van der Waals surface area contributed by atoms with Crippen molar-refractivity contribution in [1.29, 1.82) is 0 Å². The first-order valence-electron chi connectivity index (χ1n) is 27.5. The second kappa shape index (κ2) is 21.1. The molecule has 0 spiro atoms. The zero-order valence-electron chi connectivity index (χ0n) is 47.8. The maximum atomic E-state index is 14.9. The Bertz CT molecular complexity index is 3880. The number of halogens is 1. The Hall–Kier alpha value is -7.27. The van der Waals surface area contributed by atoms with Gasteiger partial charge in [0.2, 0.25) is 0 Å². The Balaban J connectivity index is 0.00000704. The summed E-state index contributed by atoms with van der Waals surface area (Å²) in [4.78, 5) is 9.51. The van der Waals surface area contributed by atoms with Gasteiger partial charge in [-0.25, -0.2) is 9.37 Å². The molecule has 0 amide bonds. The van der Waals surface area contributed by atoms with Crippen molar-refractivity contribution in [3.8, 4) is 50.7 Å². The van der Waals surface area contributed by atoms with Gasteiger partial charge < -0.3 is 19.1 Å². The number of fused-ring (bicyclic) bond motifs is 4. The van der Waals surface area contributed by atoms with Gasteiger partial charge in [-0.1, -0.05) is 180 Å². The largest absolute Gasteiger partial charge is 0.509 e. The molecular formula is C72H70FN4OPt-3. The number of nitrogens with zero attached hydrogens (tertiary/aromatic N) is 4. The van der Waals surface area contributed by atoms with Crippen LogP contribution < -0.4 is 14.5 Å². The first-order valence-corrected chi connectivity index (χ1v) is 27.5. The number of aromatic nitrogens is 2. The molecule has 5 nitrogen and oxygen atoms in total. The third-order valence-corrected chi connectivity index (χ3v) is 15.4. The van der Waals surface area contributed by atoms with E-state index in [0.29, 0.717) is 23.3 Å². The van der Waals surface area contributed by atoms with Crippen LogP contribution in [0.1, 0.15) is 130 Å². The molecule has 0 fully saturated rings. The van der Waals surface area contributed by atoms with Crippen molar-refractivity contribution in [3.05, 3.63) is 222 Å². The zero-order chi connectivity index (χ0) is 55.0. The molecule has 3 heterocycles. The Kier molecular flexibility index (Phi) is 14.7. The van der Waals surface area contributed by atoms with E-state index in [4.69, 9.17) is 9.72 Å². The van der Waals surface area contributed by atoms with Crippen molar-refractivity contribution in [3.63, 3.8) is 0 Å². The fourth-order valence-electron chi connectivity index (χ4n) is 10.9. The SMILES string of the molecule is CC(C)c1cc(-c2cc(C(C)(C)C)cc(-c3ccc(F)cc3)c2N2[CH-]N(c3[c-]c(Oc4[c-]c5c(cc4)c4ccccc4n5-c4cc(C(C)(C)C)ccn4)cc(-c4ccccc4C(C)(C)C)c3)c3ccccc32)cc(C(C)C)c1.[Pt]. The number of para-hydroxylation sites is 3. The summed E-state index contributed by atoms with van der Waals surface area (Å²) in [6.45, 7) is 31.6. The molecule has 1 aliphatic rings. The topological polar surface area (TPSA) is 33.5 Å². The van der Waals surface area contributed by atoms with Gasteiger partial charge in [-0.3, -0.25) is 0 Å². The van der Waals surface area contributed by atoms with E-state index in [-0.39, 0.29) is 43.1 Å². The predicted molar refractivity (Wildman–Crippen MR) is 325 cm³/mol. The van der Waals surface area contributed by atoms with Crippen LogP contribution in [-0.4, -0.2) is 9.55 Å². The molecular weight excluding hydrogens is 1150 g/mol. The van der Waals surface area contributed by atoms with Gasteiger partial charge in [0.05, 0.1) is 0 Å². The van der Waals surface area contributed by atoms with Crippen LogP contribution >= 0.6 is 0 Å². The summed E-state index contributed by atoms with van der Waals surface area (Å²) in [6, 6.07) is 64.8. The Labute approximate surface area is 482 Å². The zero-order valence-corrected chi connectivity index (χ0v) is 50.1.